The maximum atomic E-state index is 14.6. The number of likely N-dealkylation sites (N-methyl/N-ethyl adjacent to an activating group) is 1. The summed E-state index contributed by atoms with van der Waals surface area (Å²) in [5, 5.41) is 11.7. The molecule has 1 aromatic carbocycles. The standard InChI is InChI=1S/C45H62N4O9S/c1-11-35-45(8)39-28(4)36(46-21-22-49(39)43(53)58-45)26(2)25-44(7,54-23-13-12-14-31-15-17-32(18-16-31)34-19-20-47-59-34)40(29(5)37(50)30(6)41(52)56-35)57-42-38(51)33(48(9)10)24-27(3)55-42/h15-20,26-30,33,35,38-40,42,51H,11,14,21-25H2,1-10H3/t26-,27-,28-,29+,30-,33+,35+,38-,39-,40-,42+,44-,45-/m1/s1. The molecule has 1 aromatic heterocycles. The topological polar surface area (TPSA) is 149 Å². The van der Waals surface area contributed by atoms with Gasteiger partial charge in [0.15, 0.2) is 17.7 Å². The number of aliphatic hydroxyl groups is 1. The maximum Gasteiger partial charge on any atom is 0.410 e. The van der Waals surface area contributed by atoms with Crippen LogP contribution in [0.3, 0.4) is 0 Å². The number of hydrogen-bond acceptors (Lipinski definition) is 13. The van der Waals surface area contributed by atoms with Crippen LogP contribution in [0.25, 0.3) is 10.4 Å². The number of esters is 1. The SMILES string of the molecule is CC[C@@H]1OC(=O)[C@H](C)C(=O)[C@H](C)[C@@H](O[C@@H]2O[C@H](C)C[C@H](N(C)C)[C@H]2O)[C@](C)(OCC#CCc2ccc(-c3ccns3)cc2)C[C@@H](C)C2=NCCN3C(=O)O[C@@]1(C)[C@H]3[C@@H]2C. The van der Waals surface area contributed by atoms with E-state index in [1.807, 2.05) is 59.7 Å². The van der Waals surface area contributed by atoms with E-state index in [0.29, 0.717) is 38.8 Å². The number of ether oxygens (including phenoxy) is 5. The molecule has 0 saturated carbocycles. The van der Waals surface area contributed by atoms with Gasteiger partial charge >= 0.3 is 12.1 Å². The zero-order valence-electron chi connectivity index (χ0n) is 36.2. The summed E-state index contributed by atoms with van der Waals surface area (Å²) < 4.78 is 36.5. The molecule has 14 heteroatoms. The third-order valence-corrected chi connectivity index (χ3v) is 13.7. The number of Topliss-reactive ketones (excluding diaryl/α,β-unsaturated/α-hetero) is 1. The van der Waals surface area contributed by atoms with Gasteiger partial charge in [0.1, 0.15) is 24.7 Å². The smallest absolute Gasteiger partial charge is 0.410 e. The summed E-state index contributed by atoms with van der Waals surface area (Å²) >= 11 is 1.45. The van der Waals surface area contributed by atoms with Crippen molar-refractivity contribution < 1.29 is 43.2 Å². The molecule has 4 aliphatic rings. The van der Waals surface area contributed by atoms with Crippen LogP contribution in [0.4, 0.5) is 4.79 Å². The minimum atomic E-state index is -1.23. The molecule has 0 unspecified atom stereocenters. The first-order chi connectivity index (χ1) is 28.0. The van der Waals surface area contributed by atoms with E-state index in [-0.39, 0.29) is 30.6 Å². The summed E-state index contributed by atoms with van der Waals surface area (Å²) in [5.74, 6) is 2.69. The molecule has 13 nitrogen and oxygen atoms in total. The zero-order chi connectivity index (χ0) is 42.8. The molecule has 4 aliphatic heterocycles. The molecular formula is C45H62N4O9S. The molecule has 1 N–H and O–H groups in total. The van der Waals surface area contributed by atoms with Gasteiger partial charge in [-0.15, -0.1) is 0 Å². The molecule has 3 saturated heterocycles. The Morgan fingerprint density at radius 2 is 1.76 bits per heavy atom. The normalized spacial score (nSPS) is 36.8. The van der Waals surface area contributed by atoms with Crippen LogP contribution in [0.15, 0.2) is 41.5 Å². The van der Waals surface area contributed by atoms with Crippen LogP contribution < -0.4 is 0 Å². The Morgan fingerprint density at radius 3 is 2.42 bits per heavy atom. The summed E-state index contributed by atoms with van der Waals surface area (Å²) in [6.45, 7) is 15.7. The average Bonchev–Trinajstić information content (AvgIpc) is 3.78. The number of amides is 1. The minimum Gasteiger partial charge on any atom is -0.458 e. The molecule has 6 rings (SSSR count). The van der Waals surface area contributed by atoms with E-state index < -0.39 is 71.5 Å². The molecule has 0 radical (unpaired) electrons. The number of fused-ring (bicyclic) bond motifs is 1. The summed E-state index contributed by atoms with van der Waals surface area (Å²) in [6, 6.07) is 9.47. The fourth-order valence-electron chi connectivity index (χ4n) is 9.82. The number of rotatable bonds is 8. The Kier molecular flexibility index (Phi) is 14.1. The van der Waals surface area contributed by atoms with Gasteiger partial charge in [-0.3, -0.25) is 19.5 Å². The Bertz CT molecular complexity index is 1900. The third kappa shape index (κ3) is 9.31. The van der Waals surface area contributed by atoms with Crippen molar-refractivity contribution in [2.75, 3.05) is 33.8 Å². The second kappa shape index (κ2) is 18.5. The second-order valence-electron chi connectivity index (χ2n) is 17.5. The Balaban J connectivity index is 1.37. The number of cyclic esters (lactones) is 1. The molecule has 0 spiro atoms. The minimum absolute atomic E-state index is 0.0162. The quantitative estimate of drug-likeness (QED) is 0.195. The summed E-state index contributed by atoms with van der Waals surface area (Å²) in [4.78, 5) is 51.9. The summed E-state index contributed by atoms with van der Waals surface area (Å²) in [5.41, 5.74) is 0.598. The predicted molar refractivity (Wildman–Crippen MR) is 225 cm³/mol. The van der Waals surface area contributed by atoms with Crippen molar-refractivity contribution in [2.24, 2.45) is 28.7 Å². The Labute approximate surface area is 353 Å². The van der Waals surface area contributed by atoms with E-state index in [4.69, 9.17) is 28.7 Å². The molecule has 2 aromatic rings. The highest BCUT2D eigenvalue weighted by molar-refractivity contribution is 7.09. The van der Waals surface area contributed by atoms with Crippen LogP contribution in [0.5, 0.6) is 0 Å². The van der Waals surface area contributed by atoms with Gasteiger partial charge in [-0.05, 0) is 95.7 Å². The van der Waals surface area contributed by atoms with E-state index in [0.717, 1.165) is 21.7 Å². The number of ketones is 1. The molecular weight excluding hydrogens is 773 g/mol. The zero-order valence-corrected chi connectivity index (χ0v) is 37.0. The van der Waals surface area contributed by atoms with Gasteiger partial charge in [-0.1, -0.05) is 63.8 Å². The molecule has 5 heterocycles. The predicted octanol–water partition coefficient (Wildman–Crippen LogP) is 5.82. The molecule has 3 fully saturated rings. The third-order valence-electron chi connectivity index (χ3n) is 12.9. The van der Waals surface area contributed by atoms with Gasteiger partial charge in [0.05, 0.1) is 35.3 Å². The number of carbonyl (C=O) groups is 3. The van der Waals surface area contributed by atoms with Crippen LogP contribution >= 0.6 is 11.5 Å². The van der Waals surface area contributed by atoms with Crippen molar-refractivity contribution >= 4 is 35.1 Å². The fourth-order valence-corrected chi connectivity index (χ4v) is 10.4. The van der Waals surface area contributed by atoms with Crippen molar-refractivity contribution in [3.05, 3.63) is 42.1 Å². The van der Waals surface area contributed by atoms with E-state index in [1.165, 1.54) is 18.5 Å². The van der Waals surface area contributed by atoms with Crippen molar-refractivity contribution in [2.45, 2.75) is 135 Å². The van der Waals surface area contributed by atoms with Crippen LogP contribution in [-0.2, 0) is 39.7 Å². The Morgan fingerprint density at radius 1 is 1.03 bits per heavy atom. The highest BCUT2D eigenvalue weighted by Crippen LogP contribution is 2.44. The lowest BCUT2D eigenvalue weighted by Gasteiger charge is -2.47. The van der Waals surface area contributed by atoms with Crippen molar-refractivity contribution in [1.82, 2.24) is 14.2 Å². The van der Waals surface area contributed by atoms with Crippen LogP contribution in [0.1, 0.15) is 80.2 Å². The highest BCUT2D eigenvalue weighted by Gasteiger charge is 2.60. The largest absolute Gasteiger partial charge is 0.458 e. The van der Waals surface area contributed by atoms with Crippen molar-refractivity contribution in [3.8, 4) is 22.3 Å². The van der Waals surface area contributed by atoms with E-state index in [2.05, 4.69) is 47.4 Å². The molecule has 13 atom stereocenters. The van der Waals surface area contributed by atoms with Crippen LogP contribution in [-0.4, -0.2) is 131 Å². The summed E-state index contributed by atoms with van der Waals surface area (Å²) in [6.07, 6.45) is -1.10. The first-order valence-electron chi connectivity index (χ1n) is 21.0. The summed E-state index contributed by atoms with van der Waals surface area (Å²) in [7, 11) is 3.81. The van der Waals surface area contributed by atoms with Crippen molar-refractivity contribution in [1.29, 1.82) is 0 Å². The van der Waals surface area contributed by atoms with Crippen LogP contribution in [0.2, 0.25) is 0 Å². The maximum absolute atomic E-state index is 14.6. The monoisotopic (exact) mass is 834 g/mol. The number of nitrogens with zero attached hydrogens (tertiary/aromatic N) is 4. The van der Waals surface area contributed by atoms with Gasteiger partial charge in [-0.2, -0.15) is 0 Å². The number of carbonyl (C=O) groups excluding carboxylic acids is 3. The second-order valence-corrected chi connectivity index (χ2v) is 18.3. The van der Waals surface area contributed by atoms with E-state index in [1.54, 1.807) is 18.0 Å². The van der Waals surface area contributed by atoms with Gasteiger partial charge in [-0.25, -0.2) is 9.17 Å². The fraction of sp³-hybridized carbons (Fsp3) is 0.667. The number of aliphatic imine (C=N–C) groups is 1. The van der Waals surface area contributed by atoms with Gasteiger partial charge in [0.25, 0.3) is 0 Å². The molecule has 1 amide bonds. The number of aromatic nitrogens is 1. The number of hydrogen-bond donors (Lipinski definition) is 1. The lowest BCUT2D eigenvalue weighted by Crippen LogP contribution is -2.60. The van der Waals surface area contributed by atoms with Crippen molar-refractivity contribution in [3.63, 3.8) is 0 Å². The number of aliphatic hydroxyl groups excluding tert-OH is 1. The van der Waals surface area contributed by atoms with Gasteiger partial charge in [0.2, 0.25) is 0 Å². The first kappa shape index (κ1) is 44.8. The first-order valence-corrected chi connectivity index (χ1v) is 21.8. The Hall–Kier alpha value is -3.71. The van der Waals surface area contributed by atoms with Gasteiger partial charge < -0.3 is 33.7 Å². The molecule has 59 heavy (non-hydrogen) atoms. The average molecular weight is 835 g/mol. The molecule has 0 aliphatic carbocycles. The molecule has 2 bridgehead atoms. The molecule has 322 valence electrons. The van der Waals surface area contributed by atoms with E-state index >= 15 is 0 Å². The lowest BCUT2D eigenvalue weighted by atomic mass is 9.73. The van der Waals surface area contributed by atoms with Gasteiger partial charge in [0, 0.05) is 42.8 Å². The van der Waals surface area contributed by atoms with Crippen LogP contribution in [0, 0.1) is 35.5 Å². The number of benzene rings is 1. The highest BCUT2D eigenvalue weighted by atomic mass is 32.1. The lowest BCUT2D eigenvalue weighted by molar-refractivity contribution is -0.296. The van der Waals surface area contributed by atoms with E-state index in [9.17, 15) is 19.5 Å².